The normalized spacial score (nSPS) is 19.2. The minimum atomic E-state index is -0.413. The van der Waals surface area contributed by atoms with Crippen molar-refractivity contribution in [2.75, 3.05) is 13.6 Å². The third-order valence-electron chi connectivity index (χ3n) is 3.46. The predicted octanol–water partition coefficient (Wildman–Crippen LogP) is 2.07. The van der Waals surface area contributed by atoms with Crippen molar-refractivity contribution in [2.24, 2.45) is 0 Å². The number of likely N-dealkylation sites (N-methyl/N-ethyl adjacent to an activating group) is 1. The Morgan fingerprint density at radius 2 is 2.30 bits per heavy atom. The van der Waals surface area contributed by atoms with Crippen molar-refractivity contribution in [3.63, 3.8) is 0 Å². The molecule has 0 bridgehead atoms. The molecule has 0 radical (unpaired) electrons. The largest absolute Gasteiger partial charge is 0.344 e. The minimum absolute atomic E-state index is 0.0728. The first-order valence-electron chi connectivity index (χ1n) is 6.37. The fourth-order valence-corrected chi connectivity index (χ4v) is 2.73. The molecule has 1 amide bonds. The molecule has 1 aliphatic rings. The maximum atomic E-state index is 11.4. The molecule has 1 saturated heterocycles. The lowest BCUT2D eigenvalue weighted by Gasteiger charge is -2.30. The summed E-state index contributed by atoms with van der Waals surface area (Å²) in [7, 11) is 1.80. The van der Waals surface area contributed by atoms with E-state index in [1.165, 1.54) is 12.1 Å². The highest BCUT2D eigenvalue weighted by molar-refractivity contribution is 9.10. The monoisotopic (exact) mass is 341 g/mol. The van der Waals surface area contributed by atoms with Gasteiger partial charge in [-0.05, 0) is 18.1 Å². The summed E-state index contributed by atoms with van der Waals surface area (Å²) in [6.45, 7) is 1.31. The molecule has 0 aromatic heterocycles. The number of carbonyl (C=O) groups excluding carboxylic acids is 1. The lowest BCUT2D eigenvalue weighted by Crippen LogP contribution is -2.46. The van der Waals surface area contributed by atoms with E-state index < -0.39 is 4.92 Å². The minimum Gasteiger partial charge on any atom is -0.344 e. The van der Waals surface area contributed by atoms with Crippen LogP contribution in [0.5, 0.6) is 0 Å². The van der Waals surface area contributed by atoms with Crippen molar-refractivity contribution in [3.05, 3.63) is 38.3 Å². The van der Waals surface area contributed by atoms with E-state index in [0.717, 1.165) is 16.5 Å². The van der Waals surface area contributed by atoms with Gasteiger partial charge in [0.2, 0.25) is 5.91 Å². The zero-order chi connectivity index (χ0) is 14.7. The van der Waals surface area contributed by atoms with E-state index in [-0.39, 0.29) is 17.6 Å². The van der Waals surface area contributed by atoms with Crippen LogP contribution in [0.3, 0.4) is 0 Å². The van der Waals surface area contributed by atoms with Crippen LogP contribution >= 0.6 is 15.9 Å². The predicted molar refractivity (Wildman–Crippen MR) is 78.3 cm³/mol. The molecule has 1 unspecified atom stereocenters. The van der Waals surface area contributed by atoms with Crippen LogP contribution in [0.25, 0.3) is 0 Å². The van der Waals surface area contributed by atoms with E-state index in [9.17, 15) is 14.9 Å². The van der Waals surface area contributed by atoms with Crippen LogP contribution in [-0.4, -0.2) is 35.4 Å². The highest BCUT2D eigenvalue weighted by Crippen LogP contribution is 2.23. The number of hydrogen-bond acceptors (Lipinski definition) is 4. The van der Waals surface area contributed by atoms with Crippen LogP contribution in [-0.2, 0) is 11.3 Å². The van der Waals surface area contributed by atoms with Gasteiger partial charge < -0.3 is 10.2 Å². The van der Waals surface area contributed by atoms with Gasteiger partial charge in [-0.25, -0.2) is 0 Å². The zero-order valence-corrected chi connectivity index (χ0v) is 12.7. The number of nitro groups is 1. The molecule has 1 heterocycles. The van der Waals surface area contributed by atoms with E-state index in [2.05, 4.69) is 21.2 Å². The molecule has 6 nitrogen and oxygen atoms in total. The smallest absolute Gasteiger partial charge is 0.270 e. The Labute approximate surface area is 125 Å². The fraction of sp³-hybridized carbons (Fsp3) is 0.462. The molecule has 1 aromatic rings. The number of non-ortho nitro benzene ring substituents is 1. The Hall–Kier alpha value is -1.47. The maximum absolute atomic E-state index is 11.4. The van der Waals surface area contributed by atoms with E-state index in [1.807, 2.05) is 0 Å². The first kappa shape index (κ1) is 14.9. The number of nitrogens with zero attached hydrogens (tertiary/aromatic N) is 2. The van der Waals surface area contributed by atoms with Crippen molar-refractivity contribution in [1.82, 2.24) is 10.2 Å². The van der Waals surface area contributed by atoms with Crippen LogP contribution < -0.4 is 5.32 Å². The van der Waals surface area contributed by atoms with E-state index in [1.54, 1.807) is 18.0 Å². The second-order valence-electron chi connectivity index (χ2n) is 4.92. The van der Waals surface area contributed by atoms with Gasteiger partial charge in [-0.2, -0.15) is 0 Å². The van der Waals surface area contributed by atoms with Crippen LogP contribution in [0.2, 0.25) is 0 Å². The number of carbonyl (C=O) groups is 1. The molecule has 2 rings (SSSR count). The molecule has 0 saturated carbocycles. The van der Waals surface area contributed by atoms with Crippen molar-refractivity contribution in [2.45, 2.75) is 25.4 Å². The Morgan fingerprint density at radius 1 is 1.55 bits per heavy atom. The molecule has 1 aromatic carbocycles. The van der Waals surface area contributed by atoms with Gasteiger partial charge in [0.1, 0.15) is 0 Å². The Bertz CT molecular complexity index is 536. The average molecular weight is 342 g/mol. The third-order valence-corrected chi connectivity index (χ3v) is 4.19. The zero-order valence-electron chi connectivity index (χ0n) is 11.1. The number of amides is 1. The molecular formula is C13H16BrN3O3. The molecule has 1 fully saturated rings. The molecule has 7 heteroatoms. The summed E-state index contributed by atoms with van der Waals surface area (Å²) in [5.41, 5.74) is 1.04. The van der Waals surface area contributed by atoms with Gasteiger partial charge >= 0.3 is 0 Å². The van der Waals surface area contributed by atoms with Crippen molar-refractivity contribution in [1.29, 1.82) is 0 Å². The molecule has 20 heavy (non-hydrogen) atoms. The number of benzene rings is 1. The molecule has 0 aliphatic carbocycles. The van der Waals surface area contributed by atoms with Gasteiger partial charge in [0, 0.05) is 49.2 Å². The first-order valence-corrected chi connectivity index (χ1v) is 7.17. The molecule has 108 valence electrons. The first-order chi connectivity index (χ1) is 9.47. The number of piperidine rings is 1. The number of halogens is 1. The number of hydrogen-bond donors (Lipinski definition) is 1. The number of likely N-dealkylation sites (tertiary alicyclic amines) is 1. The number of rotatable bonds is 4. The van der Waals surface area contributed by atoms with Crippen LogP contribution in [0.15, 0.2) is 22.7 Å². The molecule has 0 spiro atoms. The van der Waals surface area contributed by atoms with Crippen LogP contribution in [0, 0.1) is 10.1 Å². The lowest BCUT2D eigenvalue weighted by atomic mass is 10.1. The topological polar surface area (TPSA) is 75.5 Å². The number of nitrogens with one attached hydrogen (secondary N) is 1. The molecule has 1 aliphatic heterocycles. The van der Waals surface area contributed by atoms with Crippen LogP contribution in [0.1, 0.15) is 18.4 Å². The van der Waals surface area contributed by atoms with E-state index >= 15 is 0 Å². The molecule has 1 N–H and O–H groups in total. The average Bonchev–Trinajstić information content (AvgIpc) is 2.41. The Balaban J connectivity index is 1.94. The second-order valence-corrected chi connectivity index (χ2v) is 5.78. The summed E-state index contributed by atoms with van der Waals surface area (Å²) in [6, 6.07) is 5.01. The quantitative estimate of drug-likeness (QED) is 0.671. The summed E-state index contributed by atoms with van der Waals surface area (Å²) in [6.07, 6.45) is 1.39. The molecule has 1 atom stereocenters. The van der Waals surface area contributed by atoms with Gasteiger partial charge in [-0.1, -0.05) is 15.9 Å². The summed E-state index contributed by atoms with van der Waals surface area (Å²) in [5, 5.41) is 14.1. The van der Waals surface area contributed by atoms with Gasteiger partial charge in [-0.15, -0.1) is 0 Å². The Morgan fingerprint density at radius 3 is 2.90 bits per heavy atom. The lowest BCUT2D eigenvalue weighted by molar-refractivity contribution is -0.384. The van der Waals surface area contributed by atoms with Crippen molar-refractivity contribution in [3.8, 4) is 0 Å². The second kappa shape index (κ2) is 6.32. The summed E-state index contributed by atoms with van der Waals surface area (Å²) in [5.74, 6) is 0.180. The van der Waals surface area contributed by atoms with Crippen molar-refractivity contribution < 1.29 is 9.72 Å². The standard InChI is InChI=1S/C13H16BrN3O3/c1-16-8-10(3-5-13(16)18)15-7-9-2-4-11(17(19)20)6-12(9)14/h2,4,6,10,15H,3,5,7-8H2,1H3. The maximum Gasteiger partial charge on any atom is 0.270 e. The molecular weight excluding hydrogens is 326 g/mol. The summed E-state index contributed by atoms with van der Waals surface area (Å²) < 4.78 is 0.722. The van der Waals surface area contributed by atoms with Gasteiger partial charge in [0.05, 0.1) is 4.92 Å². The Kier molecular flexibility index (Phi) is 4.72. The third kappa shape index (κ3) is 3.55. The highest BCUT2D eigenvalue weighted by atomic mass is 79.9. The summed E-state index contributed by atoms with van der Waals surface area (Å²) >= 11 is 3.35. The number of nitro benzene ring substituents is 1. The van der Waals surface area contributed by atoms with E-state index in [4.69, 9.17) is 0 Å². The van der Waals surface area contributed by atoms with Gasteiger partial charge in [-0.3, -0.25) is 14.9 Å². The summed E-state index contributed by atoms with van der Waals surface area (Å²) in [4.78, 5) is 23.4. The van der Waals surface area contributed by atoms with Crippen LogP contribution in [0.4, 0.5) is 5.69 Å². The van der Waals surface area contributed by atoms with E-state index in [0.29, 0.717) is 19.5 Å². The van der Waals surface area contributed by atoms with Crippen molar-refractivity contribution >= 4 is 27.5 Å². The SMILES string of the molecule is CN1CC(NCc2ccc([N+](=O)[O-])cc2Br)CCC1=O. The van der Waals surface area contributed by atoms with Gasteiger partial charge in [0.15, 0.2) is 0 Å². The fourth-order valence-electron chi connectivity index (χ4n) is 2.23. The highest BCUT2D eigenvalue weighted by Gasteiger charge is 2.22. The van der Waals surface area contributed by atoms with Gasteiger partial charge in [0.25, 0.3) is 5.69 Å².